The van der Waals surface area contributed by atoms with Gasteiger partial charge >= 0.3 is 0 Å². The Kier molecular flexibility index (Phi) is 5.87. The van der Waals surface area contributed by atoms with E-state index in [-0.39, 0.29) is 23.2 Å². The zero-order valence-corrected chi connectivity index (χ0v) is 20.4. The number of primary amides is 1. The number of carbonyl (C=O) groups excluding carboxylic acids is 3. The highest BCUT2D eigenvalue weighted by Gasteiger charge is 2.35. The molecule has 2 N–H and O–H groups in total. The molecule has 3 heterocycles. The summed E-state index contributed by atoms with van der Waals surface area (Å²) >= 11 is 0. The normalized spacial score (nSPS) is 15.3. The highest BCUT2D eigenvalue weighted by molar-refractivity contribution is 6.09. The summed E-state index contributed by atoms with van der Waals surface area (Å²) in [5.74, 6) is 0.134. The van der Waals surface area contributed by atoms with Crippen molar-refractivity contribution in [1.29, 1.82) is 0 Å². The topological polar surface area (TPSA) is 120 Å². The summed E-state index contributed by atoms with van der Waals surface area (Å²) in [6, 6.07) is 10.8. The average Bonchev–Trinajstić information content (AvgIpc) is 3.48. The lowest BCUT2D eigenvalue weighted by Gasteiger charge is -2.29. The second kappa shape index (κ2) is 9.03. The molecule has 2 aromatic carbocycles. The van der Waals surface area contributed by atoms with Crippen LogP contribution in [0.1, 0.15) is 44.9 Å². The van der Waals surface area contributed by atoms with Gasteiger partial charge < -0.3 is 25.0 Å². The summed E-state index contributed by atoms with van der Waals surface area (Å²) in [4.78, 5) is 41.7. The number of amides is 3. The Morgan fingerprint density at radius 3 is 2.25 bits per heavy atom. The lowest BCUT2D eigenvalue weighted by Crippen LogP contribution is -2.39. The quantitative estimate of drug-likeness (QED) is 0.568. The maximum absolute atomic E-state index is 13.8. The summed E-state index contributed by atoms with van der Waals surface area (Å²) in [7, 11) is 3.06. The molecule has 36 heavy (non-hydrogen) atoms. The molecule has 0 bridgehead atoms. The summed E-state index contributed by atoms with van der Waals surface area (Å²) < 4.78 is 12.2. The molecule has 1 saturated heterocycles. The van der Waals surface area contributed by atoms with E-state index in [1.807, 2.05) is 25.1 Å². The Balaban J connectivity index is 1.57. The summed E-state index contributed by atoms with van der Waals surface area (Å²) in [5, 5.41) is 4.42. The van der Waals surface area contributed by atoms with Gasteiger partial charge in [0.25, 0.3) is 11.8 Å². The highest BCUT2D eigenvalue weighted by atomic mass is 16.5. The average molecular weight is 490 g/mol. The fraction of sp³-hybridized carbons (Fsp3) is 0.308. The van der Waals surface area contributed by atoms with Gasteiger partial charge in [0, 0.05) is 54.6 Å². The van der Waals surface area contributed by atoms with Gasteiger partial charge in [0.15, 0.2) is 5.69 Å². The number of benzene rings is 2. The van der Waals surface area contributed by atoms with Gasteiger partial charge in [-0.05, 0) is 43.5 Å². The Morgan fingerprint density at radius 1 is 0.944 bits per heavy atom. The van der Waals surface area contributed by atoms with E-state index in [0.29, 0.717) is 54.4 Å². The van der Waals surface area contributed by atoms with Gasteiger partial charge in [-0.3, -0.25) is 14.4 Å². The minimum absolute atomic E-state index is 0.0684. The largest absolute Gasteiger partial charge is 0.497 e. The van der Waals surface area contributed by atoms with Gasteiger partial charge in [-0.25, -0.2) is 4.68 Å². The van der Waals surface area contributed by atoms with Gasteiger partial charge in [-0.1, -0.05) is 0 Å². The van der Waals surface area contributed by atoms with Crippen LogP contribution >= 0.6 is 0 Å². The first-order valence-electron chi connectivity index (χ1n) is 11.7. The molecule has 2 aliphatic heterocycles. The molecule has 1 fully saturated rings. The van der Waals surface area contributed by atoms with Gasteiger partial charge in [0.2, 0.25) is 5.91 Å². The van der Waals surface area contributed by atoms with Crippen LogP contribution in [0, 0.1) is 6.92 Å². The van der Waals surface area contributed by atoms with Gasteiger partial charge in [0.1, 0.15) is 17.2 Å². The molecule has 3 aromatic rings. The van der Waals surface area contributed by atoms with E-state index in [2.05, 4.69) is 5.10 Å². The number of nitrogens with two attached hydrogens (primary N) is 1. The van der Waals surface area contributed by atoms with Crippen LogP contribution in [0.2, 0.25) is 0 Å². The van der Waals surface area contributed by atoms with E-state index in [0.717, 1.165) is 17.7 Å². The Morgan fingerprint density at radius 2 is 1.67 bits per heavy atom. The Hall–Kier alpha value is -4.34. The molecule has 0 radical (unpaired) electrons. The third-order valence-corrected chi connectivity index (χ3v) is 6.69. The molecule has 1 aromatic heterocycles. The van der Waals surface area contributed by atoms with Crippen molar-refractivity contribution in [3.63, 3.8) is 0 Å². The van der Waals surface area contributed by atoms with E-state index < -0.39 is 5.91 Å². The van der Waals surface area contributed by atoms with Crippen molar-refractivity contribution in [3.05, 3.63) is 58.9 Å². The van der Waals surface area contributed by atoms with Gasteiger partial charge in [0.05, 0.1) is 19.9 Å². The number of fused-ring (bicyclic) bond motifs is 1. The fourth-order valence-electron chi connectivity index (χ4n) is 4.92. The molecule has 10 nitrogen and oxygen atoms in total. The number of rotatable bonds is 6. The minimum Gasteiger partial charge on any atom is -0.497 e. The van der Waals surface area contributed by atoms with E-state index in [4.69, 9.17) is 15.2 Å². The molecular formula is C26H27N5O5. The maximum Gasteiger partial charge on any atom is 0.277 e. The molecule has 5 rings (SSSR count). The third-order valence-electron chi connectivity index (χ3n) is 6.69. The van der Waals surface area contributed by atoms with Crippen LogP contribution in [0.15, 0.2) is 36.4 Å². The summed E-state index contributed by atoms with van der Waals surface area (Å²) in [6.07, 6.45) is 1.80. The first kappa shape index (κ1) is 23.4. The molecule has 10 heteroatoms. The van der Waals surface area contributed by atoms with Crippen molar-refractivity contribution < 1.29 is 23.9 Å². The zero-order chi connectivity index (χ0) is 25.6. The number of hydrogen-bond acceptors (Lipinski definition) is 6. The molecular weight excluding hydrogens is 462 g/mol. The number of hydrogen-bond donors (Lipinski definition) is 1. The third kappa shape index (κ3) is 3.84. The molecule has 3 amide bonds. The van der Waals surface area contributed by atoms with E-state index >= 15 is 0 Å². The van der Waals surface area contributed by atoms with Crippen LogP contribution in [0.25, 0.3) is 5.69 Å². The second-order valence-corrected chi connectivity index (χ2v) is 8.85. The van der Waals surface area contributed by atoms with Crippen LogP contribution in [0.5, 0.6) is 11.5 Å². The van der Waals surface area contributed by atoms with Crippen LogP contribution in [-0.4, -0.2) is 54.8 Å². The predicted octanol–water partition coefficient (Wildman–Crippen LogP) is 2.63. The molecule has 0 aliphatic carbocycles. The molecule has 0 unspecified atom stereocenters. The Labute approximate surface area is 208 Å². The summed E-state index contributed by atoms with van der Waals surface area (Å²) in [6.45, 7) is 2.99. The van der Waals surface area contributed by atoms with Gasteiger partial charge in [-0.2, -0.15) is 5.10 Å². The number of aromatic nitrogens is 2. The number of anilines is 2. The van der Waals surface area contributed by atoms with Crippen LogP contribution in [-0.2, 0) is 11.2 Å². The second-order valence-electron chi connectivity index (χ2n) is 8.85. The molecule has 186 valence electrons. The predicted molar refractivity (Wildman–Crippen MR) is 133 cm³/mol. The standard InChI is InChI=1S/C26H27N5O5/c1-15-11-16(6-7-21(15)30-9-4-5-22(30)32)29-10-8-20-23(25(27)33)28-31(24(20)26(29)34)17-12-18(35-2)14-19(13-17)36-3/h6-7,11-14H,4-5,8-10H2,1-3H3,(H2,27,33). The van der Waals surface area contributed by atoms with Crippen LogP contribution in [0.3, 0.4) is 0 Å². The van der Waals surface area contributed by atoms with Crippen LogP contribution < -0.4 is 25.0 Å². The number of ether oxygens (including phenoxy) is 2. The first-order chi connectivity index (χ1) is 17.3. The van der Waals surface area contributed by atoms with E-state index in [1.54, 1.807) is 28.0 Å². The molecule has 0 atom stereocenters. The molecule has 2 aliphatic rings. The monoisotopic (exact) mass is 489 g/mol. The maximum atomic E-state index is 13.8. The van der Waals surface area contributed by atoms with E-state index in [1.165, 1.54) is 18.9 Å². The number of aryl methyl sites for hydroxylation is 1. The zero-order valence-electron chi connectivity index (χ0n) is 20.4. The highest BCUT2D eigenvalue weighted by Crippen LogP contribution is 2.34. The van der Waals surface area contributed by atoms with Crippen molar-refractivity contribution in [1.82, 2.24) is 9.78 Å². The number of carbonyl (C=O) groups is 3. The Bertz CT molecular complexity index is 1370. The van der Waals surface area contributed by atoms with Crippen molar-refractivity contribution >= 4 is 29.1 Å². The number of nitrogens with zero attached hydrogens (tertiary/aromatic N) is 4. The van der Waals surface area contributed by atoms with Gasteiger partial charge in [-0.15, -0.1) is 0 Å². The molecule has 0 spiro atoms. The summed E-state index contributed by atoms with van der Waals surface area (Å²) in [5.41, 5.74) is 9.44. The number of methoxy groups -OCH3 is 2. The SMILES string of the molecule is COc1cc(OC)cc(-n2nc(C(N)=O)c3c2C(=O)N(c2ccc(N4CCCC4=O)c(C)c2)CC3)c1. The van der Waals surface area contributed by atoms with Crippen LogP contribution in [0.4, 0.5) is 11.4 Å². The van der Waals surface area contributed by atoms with Crippen molar-refractivity contribution in [2.24, 2.45) is 5.73 Å². The van der Waals surface area contributed by atoms with Crippen molar-refractivity contribution in [2.45, 2.75) is 26.2 Å². The van der Waals surface area contributed by atoms with Crippen molar-refractivity contribution in [3.8, 4) is 17.2 Å². The first-order valence-corrected chi connectivity index (χ1v) is 11.7. The molecule has 0 saturated carbocycles. The van der Waals surface area contributed by atoms with Crippen molar-refractivity contribution in [2.75, 3.05) is 37.1 Å². The van der Waals surface area contributed by atoms with E-state index in [9.17, 15) is 14.4 Å². The fourth-order valence-corrected chi connectivity index (χ4v) is 4.92. The minimum atomic E-state index is -0.698. The smallest absolute Gasteiger partial charge is 0.277 e. The lowest BCUT2D eigenvalue weighted by atomic mass is 10.0. The lowest BCUT2D eigenvalue weighted by molar-refractivity contribution is -0.117.